The third-order valence-electron chi connectivity index (χ3n) is 6.49. The Hall–Kier alpha value is -5.90. The predicted molar refractivity (Wildman–Crippen MR) is 173 cm³/mol. The fourth-order valence-corrected chi connectivity index (χ4v) is 4.32. The van der Waals surface area contributed by atoms with Crippen molar-refractivity contribution in [3.05, 3.63) is 167 Å². The number of hydrogen-bond acceptors (Lipinski definition) is 4. The van der Waals surface area contributed by atoms with Crippen molar-refractivity contribution in [3.63, 3.8) is 0 Å². The average molecular weight is 661 g/mol. The third kappa shape index (κ3) is 10.6. The van der Waals surface area contributed by atoms with E-state index < -0.39 is 35.1 Å². The zero-order valence-corrected chi connectivity index (χ0v) is 24.9. The van der Waals surface area contributed by atoms with Crippen LogP contribution < -0.4 is 0 Å². The second-order valence-electron chi connectivity index (χ2n) is 9.74. The van der Waals surface area contributed by atoms with Gasteiger partial charge in [0.05, 0.1) is 11.1 Å². The Morgan fingerprint density at radius 1 is 0.458 bits per heavy atom. The highest BCUT2D eigenvalue weighted by Gasteiger charge is 2.37. The zero-order valence-electron chi connectivity index (χ0n) is 24.9. The first kappa shape index (κ1) is 36.6. The van der Waals surface area contributed by atoms with Crippen LogP contribution in [0, 0.1) is 0 Å². The van der Waals surface area contributed by atoms with Gasteiger partial charge in [0.1, 0.15) is 12.6 Å². The largest absolute Gasteiger partial charge is 0.417 e. The molecule has 0 saturated heterocycles. The molecule has 0 amide bonds. The van der Waals surface area contributed by atoms with Gasteiger partial charge in [-0.1, -0.05) is 121 Å². The van der Waals surface area contributed by atoms with E-state index in [0.29, 0.717) is 24.7 Å². The maximum absolute atomic E-state index is 13.5. The molecule has 0 fully saturated rings. The summed E-state index contributed by atoms with van der Waals surface area (Å²) < 4.78 is 80.8. The second-order valence-corrected chi connectivity index (χ2v) is 9.74. The number of allylic oxidation sites excluding steroid dienone is 6. The highest BCUT2D eigenvalue weighted by atomic mass is 19.4. The van der Waals surface area contributed by atoms with Crippen molar-refractivity contribution < 1.29 is 45.5 Å². The van der Waals surface area contributed by atoms with Gasteiger partial charge in [-0.15, -0.1) is 0 Å². The summed E-state index contributed by atoms with van der Waals surface area (Å²) >= 11 is 0. The van der Waals surface area contributed by atoms with Crippen LogP contribution in [-0.2, 0) is 9.59 Å². The van der Waals surface area contributed by atoms with Gasteiger partial charge in [0.2, 0.25) is 0 Å². The van der Waals surface area contributed by atoms with Crippen LogP contribution in [0.4, 0.5) is 26.3 Å². The summed E-state index contributed by atoms with van der Waals surface area (Å²) in [4.78, 5) is 45.2. The highest BCUT2D eigenvalue weighted by Crippen LogP contribution is 2.37. The number of aldehydes is 2. The van der Waals surface area contributed by atoms with E-state index in [-0.39, 0.29) is 33.4 Å². The molecule has 0 unspecified atom stereocenters. The van der Waals surface area contributed by atoms with Crippen molar-refractivity contribution >= 4 is 47.4 Å². The maximum Gasteiger partial charge on any atom is 0.417 e. The van der Waals surface area contributed by atoms with Gasteiger partial charge in [0.15, 0.2) is 11.6 Å². The van der Waals surface area contributed by atoms with Crippen LogP contribution in [0.25, 0.3) is 23.3 Å². The van der Waals surface area contributed by atoms with Crippen molar-refractivity contribution in [1.29, 1.82) is 0 Å². The number of hydrogen-bond donors (Lipinski definition) is 0. The van der Waals surface area contributed by atoms with Crippen LogP contribution in [0.15, 0.2) is 133 Å². The summed E-state index contributed by atoms with van der Waals surface area (Å²) in [5.41, 5.74) is -1.69. The van der Waals surface area contributed by atoms with Gasteiger partial charge in [-0.05, 0) is 46.6 Å². The SMILES string of the molecule is O=C/C=C/c1ccccc1/C(=C\C(=O)c1ccccc1)C(F)(F)F.O=C/C=C/c1ccccc1/C(=C\C(=O)c1ccccc1)C(F)(F)F. The Balaban J connectivity index is 0.000000260. The molecule has 244 valence electrons. The molecule has 0 aromatic heterocycles. The molecule has 4 aromatic rings. The molecule has 0 spiro atoms. The van der Waals surface area contributed by atoms with Gasteiger partial charge in [0.25, 0.3) is 0 Å². The minimum atomic E-state index is -4.71. The molecule has 4 aromatic carbocycles. The molecule has 0 atom stereocenters. The molecule has 0 aliphatic heterocycles. The Morgan fingerprint density at radius 2 is 0.771 bits per heavy atom. The van der Waals surface area contributed by atoms with Gasteiger partial charge in [-0.2, -0.15) is 26.3 Å². The highest BCUT2D eigenvalue weighted by molar-refractivity contribution is 6.10. The molecule has 0 aliphatic rings. The Morgan fingerprint density at radius 3 is 1.08 bits per heavy atom. The Bertz CT molecular complexity index is 1710. The molecular formula is C38H26F6O4. The van der Waals surface area contributed by atoms with Crippen LogP contribution in [0.3, 0.4) is 0 Å². The first-order chi connectivity index (χ1) is 22.9. The fourth-order valence-electron chi connectivity index (χ4n) is 4.32. The van der Waals surface area contributed by atoms with Gasteiger partial charge in [-0.25, -0.2) is 0 Å². The molecule has 0 aliphatic carbocycles. The van der Waals surface area contributed by atoms with E-state index in [1.54, 1.807) is 48.5 Å². The van der Waals surface area contributed by atoms with E-state index >= 15 is 0 Å². The minimum absolute atomic E-state index is 0.160. The van der Waals surface area contributed by atoms with Crippen molar-refractivity contribution in [2.24, 2.45) is 0 Å². The zero-order chi connectivity index (χ0) is 35.2. The number of alkyl halides is 6. The number of halogens is 6. The predicted octanol–water partition coefficient (Wildman–Crippen LogP) is 9.45. The van der Waals surface area contributed by atoms with E-state index in [1.165, 1.54) is 72.8 Å². The molecule has 0 bridgehead atoms. The Labute approximate surface area is 272 Å². The molecule has 4 rings (SSSR count). The lowest BCUT2D eigenvalue weighted by atomic mass is 9.96. The molecular weight excluding hydrogens is 634 g/mol. The summed E-state index contributed by atoms with van der Waals surface area (Å²) in [5, 5.41) is 0. The summed E-state index contributed by atoms with van der Waals surface area (Å²) in [6, 6.07) is 26.9. The lowest BCUT2D eigenvalue weighted by molar-refractivity contribution is -0.104. The topological polar surface area (TPSA) is 68.3 Å². The summed E-state index contributed by atoms with van der Waals surface area (Å²) in [7, 11) is 0. The van der Waals surface area contributed by atoms with Crippen LogP contribution in [0.2, 0.25) is 0 Å². The molecule has 0 heterocycles. The molecule has 0 saturated carbocycles. The van der Waals surface area contributed by atoms with Gasteiger partial charge < -0.3 is 0 Å². The first-order valence-electron chi connectivity index (χ1n) is 14.1. The van der Waals surface area contributed by atoms with E-state index in [0.717, 1.165) is 12.2 Å². The number of rotatable bonds is 10. The van der Waals surface area contributed by atoms with Crippen molar-refractivity contribution in [2.75, 3.05) is 0 Å². The monoisotopic (exact) mass is 660 g/mol. The second kappa shape index (κ2) is 17.1. The van der Waals surface area contributed by atoms with Crippen molar-refractivity contribution in [3.8, 4) is 0 Å². The Kier molecular flexibility index (Phi) is 13.1. The van der Waals surface area contributed by atoms with Gasteiger partial charge >= 0.3 is 12.4 Å². The van der Waals surface area contributed by atoms with Gasteiger partial charge in [-0.3, -0.25) is 19.2 Å². The minimum Gasteiger partial charge on any atom is -0.299 e. The van der Waals surface area contributed by atoms with Crippen LogP contribution in [0.1, 0.15) is 43.0 Å². The van der Waals surface area contributed by atoms with Crippen LogP contribution in [-0.4, -0.2) is 36.5 Å². The van der Waals surface area contributed by atoms with Crippen LogP contribution in [0.5, 0.6) is 0 Å². The molecule has 0 radical (unpaired) electrons. The van der Waals surface area contributed by atoms with E-state index in [1.807, 2.05) is 0 Å². The summed E-state index contributed by atoms with van der Waals surface area (Å²) in [6.45, 7) is 0. The number of carbonyl (C=O) groups excluding carboxylic acids is 4. The maximum atomic E-state index is 13.5. The third-order valence-corrected chi connectivity index (χ3v) is 6.49. The van der Waals surface area contributed by atoms with Gasteiger partial charge in [0, 0.05) is 11.1 Å². The molecule has 10 heteroatoms. The first-order valence-corrected chi connectivity index (χ1v) is 14.1. The normalized spacial score (nSPS) is 12.4. The van der Waals surface area contributed by atoms with E-state index in [9.17, 15) is 45.5 Å². The number of carbonyl (C=O) groups is 4. The van der Waals surface area contributed by atoms with E-state index in [2.05, 4.69) is 0 Å². The average Bonchev–Trinajstić information content (AvgIpc) is 3.08. The smallest absolute Gasteiger partial charge is 0.299 e. The van der Waals surface area contributed by atoms with Crippen LogP contribution >= 0.6 is 0 Å². The lowest BCUT2D eigenvalue weighted by Crippen LogP contribution is -2.13. The molecule has 48 heavy (non-hydrogen) atoms. The molecule has 4 nitrogen and oxygen atoms in total. The lowest BCUT2D eigenvalue weighted by Gasteiger charge is -2.14. The molecule has 0 N–H and O–H groups in total. The summed E-state index contributed by atoms with van der Waals surface area (Å²) in [5.74, 6) is -1.48. The number of ketones is 2. The summed E-state index contributed by atoms with van der Waals surface area (Å²) in [6.07, 6.45) is -2.55. The van der Waals surface area contributed by atoms with Crippen molar-refractivity contribution in [1.82, 2.24) is 0 Å². The number of benzene rings is 4. The quantitative estimate of drug-likeness (QED) is 0.0736. The standard InChI is InChI=1S/2C19H13F3O2/c2*20-19(21,22)17(13-18(24)15-8-2-1-3-9-15)16-11-5-4-7-14(16)10-6-12-23/h2*1-13H/b2*10-6+,17-13+. The fraction of sp³-hybridized carbons (Fsp3) is 0.0526. The van der Waals surface area contributed by atoms with Crippen molar-refractivity contribution in [2.45, 2.75) is 12.4 Å². The van der Waals surface area contributed by atoms with E-state index in [4.69, 9.17) is 0 Å².